The number of carbonyl (C=O) groups is 2. The molecule has 0 spiro atoms. The first-order valence-electron chi connectivity index (χ1n) is 10.1. The Labute approximate surface area is 166 Å². The highest BCUT2D eigenvalue weighted by atomic mass is 16.5. The zero-order valence-corrected chi connectivity index (χ0v) is 16.8. The second-order valence-electron chi connectivity index (χ2n) is 8.63. The molecule has 2 atom stereocenters. The van der Waals surface area contributed by atoms with Crippen molar-refractivity contribution in [2.75, 3.05) is 0 Å². The van der Waals surface area contributed by atoms with Crippen molar-refractivity contribution < 1.29 is 14.3 Å². The molecule has 0 aliphatic heterocycles. The number of benzene rings is 1. The van der Waals surface area contributed by atoms with E-state index in [0.29, 0.717) is 18.9 Å². The normalized spacial score (nSPS) is 23.1. The summed E-state index contributed by atoms with van der Waals surface area (Å²) in [5.74, 6) is 1.62. The van der Waals surface area contributed by atoms with Crippen LogP contribution in [0.5, 0.6) is 5.75 Å². The Balaban J connectivity index is 1.42. The number of nitrogens with zero attached hydrogens (tertiary/aromatic N) is 1. The summed E-state index contributed by atoms with van der Waals surface area (Å²) in [5, 5.41) is 0. The average molecular weight is 377 g/mol. The van der Waals surface area contributed by atoms with Crippen LogP contribution in [0.4, 0.5) is 0 Å². The average Bonchev–Trinajstić information content (AvgIpc) is 3.47. The van der Waals surface area contributed by atoms with Gasteiger partial charge in [0.1, 0.15) is 23.9 Å². The van der Waals surface area contributed by atoms with E-state index in [1.807, 2.05) is 39.0 Å². The molecule has 4 heteroatoms. The summed E-state index contributed by atoms with van der Waals surface area (Å²) in [4.78, 5) is 28.6. The van der Waals surface area contributed by atoms with E-state index in [-0.39, 0.29) is 23.9 Å². The van der Waals surface area contributed by atoms with Crippen molar-refractivity contribution in [2.45, 2.75) is 64.9 Å². The summed E-state index contributed by atoms with van der Waals surface area (Å²) < 4.78 is 6.00. The van der Waals surface area contributed by atoms with Gasteiger partial charge < -0.3 is 4.74 Å². The van der Waals surface area contributed by atoms with E-state index in [4.69, 9.17) is 4.74 Å². The minimum absolute atomic E-state index is 0.0189. The number of rotatable bonds is 6. The SMILES string of the molecule is Cc1cc(OCc2ccc([C@@H](C)[C@]3(C)CC(=O)CC3=O)cc2)cc(C2CC2)n1. The smallest absolute Gasteiger partial charge is 0.147 e. The number of ketones is 2. The van der Waals surface area contributed by atoms with Gasteiger partial charge in [0.15, 0.2) is 0 Å². The first kappa shape index (κ1) is 18.9. The Hall–Kier alpha value is -2.49. The van der Waals surface area contributed by atoms with Gasteiger partial charge in [0.05, 0.1) is 6.42 Å². The van der Waals surface area contributed by atoms with E-state index < -0.39 is 5.41 Å². The van der Waals surface area contributed by atoms with Gasteiger partial charge in [0, 0.05) is 41.3 Å². The van der Waals surface area contributed by atoms with Gasteiger partial charge in [0.25, 0.3) is 0 Å². The maximum atomic E-state index is 12.3. The molecular weight excluding hydrogens is 350 g/mol. The Morgan fingerprint density at radius 3 is 2.50 bits per heavy atom. The molecule has 0 amide bonds. The van der Waals surface area contributed by atoms with Crippen LogP contribution in [-0.2, 0) is 16.2 Å². The molecule has 1 aromatic heterocycles. The fourth-order valence-corrected chi connectivity index (χ4v) is 4.12. The first-order chi connectivity index (χ1) is 13.3. The number of pyridine rings is 1. The van der Waals surface area contributed by atoms with Crippen LogP contribution >= 0.6 is 0 Å². The molecule has 1 aromatic carbocycles. The van der Waals surface area contributed by atoms with Gasteiger partial charge in [-0.1, -0.05) is 38.1 Å². The number of aryl methyl sites for hydroxylation is 1. The lowest BCUT2D eigenvalue weighted by Gasteiger charge is -2.29. The maximum Gasteiger partial charge on any atom is 0.147 e. The van der Waals surface area contributed by atoms with Crippen molar-refractivity contribution in [2.24, 2.45) is 5.41 Å². The molecule has 2 saturated carbocycles. The lowest BCUT2D eigenvalue weighted by Crippen LogP contribution is -2.28. The molecule has 2 aliphatic carbocycles. The zero-order valence-electron chi connectivity index (χ0n) is 16.8. The van der Waals surface area contributed by atoms with E-state index in [1.54, 1.807) is 0 Å². The zero-order chi connectivity index (χ0) is 19.9. The molecule has 146 valence electrons. The van der Waals surface area contributed by atoms with E-state index in [1.165, 1.54) is 12.8 Å². The third-order valence-corrected chi connectivity index (χ3v) is 6.34. The van der Waals surface area contributed by atoms with Crippen LogP contribution in [0.15, 0.2) is 36.4 Å². The van der Waals surface area contributed by atoms with E-state index in [2.05, 4.69) is 23.2 Å². The first-order valence-corrected chi connectivity index (χ1v) is 10.1. The van der Waals surface area contributed by atoms with Gasteiger partial charge in [0.2, 0.25) is 0 Å². The predicted molar refractivity (Wildman–Crippen MR) is 107 cm³/mol. The summed E-state index contributed by atoms with van der Waals surface area (Å²) in [5.41, 5.74) is 3.72. The fourth-order valence-electron chi connectivity index (χ4n) is 4.12. The summed E-state index contributed by atoms with van der Waals surface area (Å²) in [7, 11) is 0. The summed E-state index contributed by atoms with van der Waals surface area (Å²) >= 11 is 0. The summed E-state index contributed by atoms with van der Waals surface area (Å²) in [6.45, 7) is 6.47. The van der Waals surface area contributed by atoms with Crippen molar-refractivity contribution >= 4 is 11.6 Å². The van der Waals surface area contributed by atoms with Crippen LogP contribution in [0, 0.1) is 12.3 Å². The Morgan fingerprint density at radius 2 is 1.89 bits per heavy atom. The van der Waals surface area contributed by atoms with Crippen molar-refractivity contribution in [3.63, 3.8) is 0 Å². The second kappa shape index (κ2) is 7.16. The number of aromatic nitrogens is 1. The lowest BCUT2D eigenvalue weighted by atomic mass is 9.72. The second-order valence-corrected chi connectivity index (χ2v) is 8.63. The standard InChI is InChI=1S/C24H27NO3/c1-15-10-21(12-22(25-15)19-8-9-19)28-14-17-4-6-18(7-5-17)16(2)24(3)13-20(26)11-23(24)27/h4-7,10,12,16,19H,8-9,11,13-14H2,1-3H3/t16-,24+/m1/s1. The highest BCUT2D eigenvalue weighted by Crippen LogP contribution is 2.44. The Kier molecular flexibility index (Phi) is 4.82. The van der Waals surface area contributed by atoms with Crippen LogP contribution in [-0.4, -0.2) is 16.6 Å². The van der Waals surface area contributed by atoms with Gasteiger partial charge >= 0.3 is 0 Å². The molecule has 2 fully saturated rings. The van der Waals surface area contributed by atoms with Crippen molar-refractivity contribution in [3.8, 4) is 5.75 Å². The summed E-state index contributed by atoms with van der Waals surface area (Å²) in [6, 6.07) is 12.2. The summed E-state index contributed by atoms with van der Waals surface area (Å²) in [6.07, 6.45) is 2.88. The third-order valence-electron chi connectivity index (χ3n) is 6.34. The highest BCUT2D eigenvalue weighted by Gasteiger charge is 2.46. The topological polar surface area (TPSA) is 56.3 Å². The van der Waals surface area contributed by atoms with Crippen LogP contribution in [0.1, 0.15) is 73.9 Å². The van der Waals surface area contributed by atoms with Crippen molar-refractivity contribution in [1.29, 1.82) is 0 Å². The molecule has 4 rings (SSSR count). The van der Waals surface area contributed by atoms with Gasteiger partial charge in [-0.25, -0.2) is 0 Å². The number of hydrogen-bond acceptors (Lipinski definition) is 4. The predicted octanol–water partition coefficient (Wildman–Crippen LogP) is 4.89. The largest absolute Gasteiger partial charge is 0.489 e. The number of ether oxygens (including phenoxy) is 1. The molecule has 28 heavy (non-hydrogen) atoms. The monoisotopic (exact) mass is 377 g/mol. The third kappa shape index (κ3) is 3.73. The molecule has 1 heterocycles. The minimum Gasteiger partial charge on any atom is -0.489 e. The molecule has 0 unspecified atom stereocenters. The van der Waals surface area contributed by atoms with Crippen molar-refractivity contribution in [1.82, 2.24) is 4.98 Å². The maximum absolute atomic E-state index is 12.3. The number of hydrogen-bond donors (Lipinski definition) is 0. The number of carbonyl (C=O) groups excluding carboxylic acids is 2. The van der Waals surface area contributed by atoms with E-state index in [9.17, 15) is 9.59 Å². The Bertz CT molecular complexity index is 914. The molecule has 0 N–H and O–H groups in total. The number of Topliss-reactive ketones (excluding diaryl/α,β-unsaturated/α-hetero) is 2. The molecular formula is C24H27NO3. The molecule has 4 nitrogen and oxygen atoms in total. The Morgan fingerprint density at radius 1 is 1.18 bits per heavy atom. The van der Waals surface area contributed by atoms with E-state index in [0.717, 1.165) is 28.3 Å². The van der Waals surface area contributed by atoms with Gasteiger partial charge in [-0.05, 0) is 36.8 Å². The van der Waals surface area contributed by atoms with Crippen LogP contribution < -0.4 is 4.74 Å². The van der Waals surface area contributed by atoms with Gasteiger partial charge in [-0.3, -0.25) is 14.6 Å². The van der Waals surface area contributed by atoms with E-state index >= 15 is 0 Å². The molecule has 0 bridgehead atoms. The molecule has 0 radical (unpaired) electrons. The lowest BCUT2D eigenvalue weighted by molar-refractivity contribution is -0.126. The van der Waals surface area contributed by atoms with Gasteiger partial charge in [-0.15, -0.1) is 0 Å². The van der Waals surface area contributed by atoms with Crippen molar-refractivity contribution in [3.05, 3.63) is 58.9 Å². The minimum atomic E-state index is -0.580. The quantitative estimate of drug-likeness (QED) is 0.673. The van der Waals surface area contributed by atoms with Gasteiger partial charge in [-0.2, -0.15) is 0 Å². The van der Waals surface area contributed by atoms with Crippen LogP contribution in [0.3, 0.4) is 0 Å². The highest BCUT2D eigenvalue weighted by molar-refractivity contribution is 6.09. The molecule has 2 aliphatic rings. The van der Waals surface area contributed by atoms with Crippen LogP contribution in [0.25, 0.3) is 0 Å². The van der Waals surface area contributed by atoms with Crippen LogP contribution in [0.2, 0.25) is 0 Å². The molecule has 0 saturated heterocycles. The fraction of sp³-hybridized carbons (Fsp3) is 0.458. The molecule has 2 aromatic rings.